The standard InChI is InChI=1S/C25H23F2N3O2/c1-14-11-15(5-8-22(14)31)17-9-10-29-13-16(17)12-23(32)25-20(28)6-7-21(30-25)24-18(26)3-2-4-19(24)27/h2-4,6-7,9-11,13-14,22,31H,5,8,12,28H2,1H3/t14-,22+/m1/s1. The molecule has 3 N–H and O–H groups in total. The number of carbonyl (C=O) groups excluding carboxylic acids is 1. The number of nitrogens with zero attached hydrogens (tertiary/aromatic N) is 2. The minimum Gasteiger partial charge on any atom is -0.397 e. The van der Waals surface area contributed by atoms with Crippen LogP contribution in [-0.2, 0) is 6.42 Å². The van der Waals surface area contributed by atoms with E-state index in [0.717, 1.165) is 23.3 Å². The van der Waals surface area contributed by atoms with Crippen LogP contribution >= 0.6 is 0 Å². The highest BCUT2D eigenvalue weighted by molar-refractivity contribution is 6.01. The summed E-state index contributed by atoms with van der Waals surface area (Å²) in [7, 11) is 0. The number of halogens is 2. The maximum atomic E-state index is 14.2. The molecule has 0 bridgehead atoms. The van der Waals surface area contributed by atoms with Crippen molar-refractivity contribution in [3.8, 4) is 11.3 Å². The summed E-state index contributed by atoms with van der Waals surface area (Å²) >= 11 is 0. The SMILES string of the molecule is C[C@@H]1C=C(c2ccncc2CC(=O)c2nc(-c3c(F)cccc3F)ccc2N)CC[C@@H]1O. The van der Waals surface area contributed by atoms with Crippen LogP contribution in [0, 0.1) is 17.6 Å². The number of nitrogens with two attached hydrogens (primary N) is 1. The Bertz CT molecular complexity index is 1190. The lowest BCUT2D eigenvalue weighted by Crippen LogP contribution is -2.20. The van der Waals surface area contributed by atoms with E-state index in [9.17, 15) is 18.7 Å². The monoisotopic (exact) mass is 435 g/mol. The van der Waals surface area contributed by atoms with Crippen LogP contribution in [0.2, 0.25) is 0 Å². The normalized spacial score (nSPS) is 18.3. The van der Waals surface area contributed by atoms with Gasteiger partial charge in [-0.25, -0.2) is 13.8 Å². The number of carbonyl (C=O) groups is 1. The highest BCUT2D eigenvalue weighted by atomic mass is 19.1. The van der Waals surface area contributed by atoms with Crippen LogP contribution in [0.15, 0.2) is 54.9 Å². The minimum atomic E-state index is -0.768. The zero-order valence-electron chi connectivity index (χ0n) is 17.6. The van der Waals surface area contributed by atoms with Crippen molar-refractivity contribution in [2.24, 2.45) is 5.92 Å². The maximum absolute atomic E-state index is 14.2. The molecule has 1 aliphatic carbocycles. The van der Waals surface area contributed by atoms with Crippen LogP contribution in [0.4, 0.5) is 14.5 Å². The van der Waals surface area contributed by atoms with E-state index in [0.29, 0.717) is 18.4 Å². The maximum Gasteiger partial charge on any atom is 0.187 e. The number of nitrogen functional groups attached to an aromatic ring is 1. The van der Waals surface area contributed by atoms with Crippen molar-refractivity contribution >= 4 is 17.0 Å². The first-order valence-electron chi connectivity index (χ1n) is 10.4. The Balaban J connectivity index is 1.67. The molecular formula is C25H23F2N3O2. The van der Waals surface area contributed by atoms with Crippen molar-refractivity contribution in [1.82, 2.24) is 9.97 Å². The van der Waals surface area contributed by atoms with Gasteiger partial charge in [-0.3, -0.25) is 9.78 Å². The van der Waals surface area contributed by atoms with Crippen LogP contribution in [0.3, 0.4) is 0 Å². The van der Waals surface area contributed by atoms with Crippen molar-refractivity contribution < 1.29 is 18.7 Å². The molecule has 32 heavy (non-hydrogen) atoms. The van der Waals surface area contributed by atoms with Gasteiger partial charge in [-0.2, -0.15) is 0 Å². The number of anilines is 1. The third-order valence-electron chi connectivity index (χ3n) is 5.79. The number of benzene rings is 1. The lowest BCUT2D eigenvalue weighted by atomic mass is 9.84. The molecule has 7 heteroatoms. The van der Waals surface area contributed by atoms with Crippen LogP contribution in [-0.4, -0.2) is 27.0 Å². The summed E-state index contributed by atoms with van der Waals surface area (Å²) in [5.74, 6) is -1.90. The Labute approximate surface area is 184 Å². The van der Waals surface area contributed by atoms with E-state index < -0.39 is 11.6 Å². The molecule has 0 aliphatic heterocycles. The van der Waals surface area contributed by atoms with Crippen molar-refractivity contribution in [3.63, 3.8) is 0 Å². The molecule has 5 nitrogen and oxygen atoms in total. The molecule has 164 valence electrons. The molecule has 0 saturated carbocycles. The van der Waals surface area contributed by atoms with Gasteiger partial charge in [0.1, 0.15) is 17.3 Å². The van der Waals surface area contributed by atoms with Gasteiger partial charge in [0, 0.05) is 24.7 Å². The van der Waals surface area contributed by atoms with E-state index in [2.05, 4.69) is 9.97 Å². The van der Waals surface area contributed by atoms with Gasteiger partial charge in [0.2, 0.25) is 0 Å². The van der Waals surface area contributed by atoms with Crippen molar-refractivity contribution in [3.05, 3.63) is 83.3 Å². The number of hydrogen-bond donors (Lipinski definition) is 2. The summed E-state index contributed by atoms with van der Waals surface area (Å²) in [5.41, 5.74) is 8.43. The van der Waals surface area contributed by atoms with Gasteiger partial charge in [0.25, 0.3) is 0 Å². The fraction of sp³-hybridized carbons (Fsp3) is 0.240. The summed E-state index contributed by atoms with van der Waals surface area (Å²) < 4.78 is 28.4. The number of rotatable bonds is 5. The molecule has 0 radical (unpaired) electrons. The molecule has 3 aromatic rings. The summed E-state index contributed by atoms with van der Waals surface area (Å²) in [6, 6.07) is 8.20. The van der Waals surface area contributed by atoms with Crippen LogP contribution in [0.1, 0.15) is 41.4 Å². The van der Waals surface area contributed by atoms with Gasteiger partial charge in [-0.05, 0) is 59.9 Å². The second kappa shape index (κ2) is 8.96. The van der Waals surface area contributed by atoms with E-state index >= 15 is 0 Å². The molecule has 0 unspecified atom stereocenters. The molecule has 0 fully saturated rings. The van der Waals surface area contributed by atoms with Crippen LogP contribution in [0.25, 0.3) is 16.8 Å². The third-order valence-corrected chi connectivity index (χ3v) is 5.79. The van der Waals surface area contributed by atoms with Gasteiger partial charge < -0.3 is 10.8 Å². The number of allylic oxidation sites excluding steroid dienone is 1. The second-order valence-electron chi connectivity index (χ2n) is 8.02. The Morgan fingerprint density at radius 3 is 2.66 bits per heavy atom. The van der Waals surface area contributed by atoms with Gasteiger partial charge >= 0.3 is 0 Å². The van der Waals surface area contributed by atoms with Crippen LogP contribution in [0.5, 0.6) is 0 Å². The minimum absolute atomic E-state index is 0.00219. The molecule has 0 amide bonds. The molecule has 2 aromatic heterocycles. The zero-order chi connectivity index (χ0) is 22.8. The summed E-state index contributed by atoms with van der Waals surface area (Å²) in [6.45, 7) is 1.95. The molecule has 0 saturated heterocycles. The molecule has 0 spiro atoms. The van der Waals surface area contributed by atoms with Crippen molar-refractivity contribution in [2.45, 2.75) is 32.3 Å². The van der Waals surface area contributed by atoms with Gasteiger partial charge in [-0.1, -0.05) is 19.1 Å². The lowest BCUT2D eigenvalue weighted by Gasteiger charge is -2.24. The number of hydrogen-bond acceptors (Lipinski definition) is 5. The van der Waals surface area contributed by atoms with Crippen molar-refractivity contribution in [1.29, 1.82) is 0 Å². The largest absolute Gasteiger partial charge is 0.397 e. The van der Waals surface area contributed by atoms with E-state index in [4.69, 9.17) is 5.73 Å². The third kappa shape index (κ3) is 4.29. The Hall–Kier alpha value is -3.45. The number of Topliss-reactive ketones (excluding diaryl/α,β-unsaturated/α-hetero) is 1. The molecule has 1 aliphatic rings. The average Bonchev–Trinajstić information content (AvgIpc) is 2.77. The highest BCUT2D eigenvalue weighted by Crippen LogP contribution is 2.32. The van der Waals surface area contributed by atoms with Gasteiger partial charge in [0.15, 0.2) is 5.78 Å². The molecule has 4 rings (SSSR count). The van der Waals surface area contributed by atoms with Gasteiger partial charge in [0.05, 0.1) is 23.0 Å². The van der Waals surface area contributed by atoms with E-state index in [1.807, 2.05) is 19.1 Å². The summed E-state index contributed by atoms with van der Waals surface area (Å²) in [4.78, 5) is 21.5. The smallest absolute Gasteiger partial charge is 0.187 e. The predicted octanol–water partition coefficient (Wildman–Crippen LogP) is 4.60. The molecular weight excluding hydrogens is 412 g/mol. The molecule has 1 aromatic carbocycles. The Morgan fingerprint density at radius 2 is 1.94 bits per heavy atom. The van der Waals surface area contributed by atoms with E-state index in [1.54, 1.807) is 12.4 Å². The van der Waals surface area contributed by atoms with Crippen LogP contribution < -0.4 is 5.73 Å². The topological polar surface area (TPSA) is 89.1 Å². The van der Waals surface area contributed by atoms with E-state index in [-0.39, 0.29) is 46.9 Å². The molecule has 2 heterocycles. The fourth-order valence-corrected chi connectivity index (χ4v) is 4.02. The second-order valence-corrected chi connectivity index (χ2v) is 8.02. The number of aliphatic hydroxyl groups excluding tert-OH is 1. The predicted molar refractivity (Wildman–Crippen MR) is 119 cm³/mol. The van der Waals surface area contributed by atoms with Gasteiger partial charge in [-0.15, -0.1) is 0 Å². The first-order valence-corrected chi connectivity index (χ1v) is 10.4. The summed E-state index contributed by atoms with van der Waals surface area (Å²) in [6.07, 6.45) is 6.25. The fourth-order valence-electron chi connectivity index (χ4n) is 4.02. The average molecular weight is 435 g/mol. The Morgan fingerprint density at radius 1 is 1.19 bits per heavy atom. The molecule has 2 atom stereocenters. The zero-order valence-corrected chi connectivity index (χ0v) is 17.6. The number of pyridine rings is 2. The number of aromatic nitrogens is 2. The Kier molecular flexibility index (Phi) is 6.10. The number of ketones is 1. The summed E-state index contributed by atoms with van der Waals surface area (Å²) in [5, 5.41) is 10.0. The first kappa shape index (κ1) is 21.8. The lowest BCUT2D eigenvalue weighted by molar-refractivity contribution is 0.0989. The first-order chi connectivity index (χ1) is 15.3. The highest BCUT2D eigenvalue weighted by Gasteiger charge is 2.23. The number of aliphatic hydroxyl groups is 1. The van der Waals surface area contributed by atoms with Crippen molar-refractivity contribution in [2.75, 3.05) is 5.73 Å². The van der Waals surface area contributed by atoms with E-state index in [1.165, 1.54) is 18.2 Å². The quantitative estimate of drug-likeness (QED) is 0.572.